The van der Waals surface area contributed by atoms with Gasteiger partial charge in [-0.1, -0.05) is 50.2 Å². The number of hydrogen-bond acceptors (Lipinski definition) is 6. The van der Waals surface area contributed by atoms with Crippen molar-refractivity contribution in [2.45, 2.75) is 52.9 Å². The second-order valence-corrected chi connectivity index (χ2v) is 9.96. The first-order valence-electron chi connectivity index (χ1n) is 12.1. The molecule has 1 heterocycles. The zero-order chi connectivity index (χ0) is 25.2. The van der Waals surface area contributed by atoms with E-state index < -0.39 is 11.9 Å². The highest BCUT2D eigenvalue weighted by Gasteiger charge is 2.43. The average molecular weight is 476 g/mol. The fourth-order valence-corrected chi connectivity index (χ4v) is 5.01. The van der Waals surface area contributed by atoms with Crippen molar-refractivity contribution in [3.63, 3.8) is 0 Å². The van der Waals surface area contributed by atoms with Crippen LogP contribution >= 0.6 is 0 Å². The third-order valence-electron chi connectivity index (χ3n) is 6.54. The maximum Gasteiger partial charge on any atom is 0.336 e. The van der Waals surface area contributed by atoms with Gasteiger partial charge in [-0.25, -0.2) is 4.79 Å². The van der Waals surface area contributed by atoms with E-state index in [-0.39, 0.29) is 23.6 Å². The second-order valence-electron chi connectivity index (χ2n) is 9.96. The number of phenolic OH excluding ortho intramolecular Hbond substituents is 1. The van der Waals surface area contributed by atoms with E-state index in [1.165, 1.54) is 0 Å². The van der Waals surface area contributed by atoms with Crippen LogP contribution in [-0.2, 0) is 20.7 Å². The highest BCUT2D eigenvalue weighted by atomic mass is 16.5. The van der Waals surface area contributed by atoms with E-state index in [9.17, 15) is 14.7 Å². The average Bonchev–Trinajstić information content (AvgIpc) is 2.79. The molecule has 1 aliphatic carbocycles. The van der Waals surface area contributed by atoms with Gasteiger partial charge in [-0.2, -0.15) is 0 Å². The molecule has 2 N–H and O–H groups in total. The van der Waals surface area contributed by atoms with E-state index in [0.717, 1.165) is 11.3 Å². The minimum Gasteiger partial charge on any atom is -0.504 e. The minimum absolute atomic E-state index is 0.0156. The molecule has 2 aromatic carbocycles. The first-order valence-corrected chi connectivity index (χ1v) is 12.1. The van der Waals surface area contributed by atoms with Crippen LogP contribution in [0.25, 0.3) is 0 Å². The van der Waals surface area contributed by atoms with Crippen LogP contribution in [0.15, 0.2) is 71.1 Å². The molecule has 184 valence electrons. The summed E-state index contributed by atoms with van der Waals surface area (Å²) in [6.07, 6.45) is 1.70. The predicted octanol–water partition coefficient (Wildman–Crippen LogP) is 5.18. The van der Waals surface area contributed by atoms with Crippen LogP contribution in [-0.4, -0.2) is 30.1 Å². The summed E-state index contributed by atoms with van der Waals surface area (Å²) in [6.45, 7) is 8.45. The SMILES string of the molecule is CCOc1cc([C@@H]2C(C(=O)OCCc3ccccc3)=C(C)NC3=C2C(=O)CC(C)(C)C3)ccc1O. The smallest absolute Gasteiger partial charge is 0.336 e. The largest absolute Gasteiger partial charge is 0.504 e. The van der Waals surface area contributed by atoms with E-state index in [2.05, 4.69) is 19.2 Å². The van der Waals surface area contributed by atoms with E-state index >= 15 is 0 Å². The van der Waals surface area contributed by atoms with E-state index in [4.69, 9.17) is 9.47 Å². The lowest BCUT2D eigenvalue weighted by molar-refractivity contribution is -0.139. The number of Topliss-reactive ketones (excluding diaryl/α,β-unsaturated/α-hetero) is 1. The van der Waals surface area contributed by atoms with Crippen LogP contribution in [0, 0.1) is 5.41 Å². The summed E-state index contributed by atoms with van der Waals surface area (Å²) in [5, 5.41) is 13.6. The third-order valence-corrected chi connectivity index (χ3v) is 6.54. The molecule has 2 aromatic rings. The summed E-state index contributed by atoms with van der Waals surface area (Å²) < 4.78 is 11.3. The second kappa shape index (κ2) is 9.98. The van der Waals surface area contributed by atoms with Crippen molar-refractivity contribution in [1.82, 2.24) is 5.32 Å². The topological polar surface area (TPSA) is 84.9 Å². The van der Waals surface area contributed by atoms with Crippen LogP contribution in [0.5, 0.6) is 11.5 Å². The van der Waals surface area contributed by atoms with Crippen molar-refractivity contribution in [2.24, 2.45) is 5.41 Å². The van der Waals surface area contributed by atoms with Gasteiger partial charge in [0.25, 0.3) is 0 Å². The number of aromatic hydroxyl groups is 1. The Labute approximate surface area is 206 Å². The van der Waals surface area contributed by atoms with Crippen molar-refractivity contribution in [2.75, 3.05) is 13.2 Å². The Morgan fingerprint density at radius 1 is 1.14 bits per heavy atom. The Hall–Kier alpha value is -3.54. The van der Waals surface area contributed by atoms with Gasteiger partial charge in [0, 0.05) is 35.7 Å². The Morgan fingerprint density at radius 3 is 2.60 bits per heavy atom. The third kappa shape index (κ3) is 5.26. The van der Waals surface area contributed by atoms with Crippen LogP contribution in [0.1, 0.15) is 57.6 Å². The van der Waals surface area contributed by atoms with E-state index in [1.54, 1.807) is 18.2 Å². The molecule has 0 spiro atoms. The maximum atomic E-state index is 13.4. The minimum atomic E-state index is -0.598. The molecule has 0 fully saturated rings. The van der Waals surface area contributed by atoms with Gasteiger partial charge in [0.15, 0.2) is 17.3 Å². The molecule has 35 heavy (non-hydrogen) atoms. The Balaban J connectivity index is 1.71. The number of carbonyl (C=O) groups excluding carboxylic acids is 2. The molecule has 0 bridgehead atoms. The zero-order valence-electron chi connectivity index (χ0n) is 20.8. The molecular formula is C29H33NO5. The number of nitrogens with one attached hydrogen (secondary N) is 1. The Bertz CT molecular complexity index is 1190. The summed E-state index contributed by atoms with van der Waals surface area (Å²) in [5.41, 5.74) is 4.15. The number of ketones is 1. The Morgan fingerprint density at radius 2 is 1.89 bits per heavy atom. The highest BCUT2D eigenvalue weighted by Crippen LogP contribution is 2.47. The number of dihydropyridines is 1. The normalized spacial score (nSPS) is 19.2. The molecule has 0 saturated carbocycles. The number of benzene rings is 2. The van der Waals surface area contributed by atoms with Crippen molar-refractivity contribution >= 4 is 11.8 Å². The molecule has 0 saturated heterocycles. The lowest BCUT2D eigenvalue weighted by atomic mass is 9.68. The molecule has 6 nitrogen and oxygen atoms in total. The van der Waals surface area contributed by atoms with Crippen LogP contribution < -0.4 is 10.1 Å². The summed E-state index contributed by atoms with van der Waals surface area (Å²) in [4.78, 5) is 26.9. The van der Waals surface area contributed by atoms with Gasteiger partial charge in [-0.3, -0.25) is 4.79 Å². The monoisotopic (exact) mass is 475 g/mol. The van der Waals surface area contributed by atoms with Crippen LogP contribution in [0.4, 0.5) is 0 Å². The fourth-order valence-electron chi connectivity index (χ4n) is 5.01. The molecule has 0 aromatic heterocycles. The predicted molar refractivity (Wildman–Crippen MR) is 134 cm³/mol. The van der Waals surface area contributed by atoms with Crippen molar-refractivity contribution < 1.29 is 24.2 Å². The summed E-state index contributed by atoms with van der Waals surface area (Å²) in [6, 6.07) is 14.9. The summed E-state index contributed by atoms with van der Waals surface area (Å²) >= 11 is 0. The molecule has 6 heteroatoms. The number of carbonyl (C=O) groups is 2. The van der Waals surface area contributed by atoms with Gasteiger partial charge < -0.3 is 19.9 Å². The number of allylic oxidation sites excluding steroid dienone is 3. The maximum absolute atomic E-state index is 13.4. The fraction of sp³-hybridized carbons (Fsp3) is 0.379. The first kappa shape index (κ1) is 24.6. The van der Waals surface area contributed by atoms with Gasteiger partial charge in [0.2, 0.25) is 0 Å². The van der Waals surface area contributed by atoms with Crippen molar-refractivity contribution in [3.8, 4) is 11.5 Å². The number of ether oxygens (including phenoxy) is 2. The van der Waals surface area contributed by atoms with Gasteiger partial charge >= 0.3 is 5.97 Å². The molecule has 0 unspecified atom stereocenters. The van der Waals surface area contributed by atoms with Gasteiger partial charge in [-0.15, -0.1) is 0 Å². The number of hydrogen-bond donors (Lipinski definition) is 2. The van der Waals surface area contributed by atoms with Gasteiger partial charge in [0.1, 0.15) is 0 Å². The van der Waals surface area contributed by atoms with Crippen LogP contribution in [0.3, 0.4) is 0 Å². The van der Waals surface area contributed by atoms with E-state index in [0.29, 0.717) is 54.0 Å². The quantitative estimate of drug-likeness (QED) is 0.537. The summed E-state index contributed by atoms with van der Waals surface area (Å²) in [7, 11) is 0. The standard InChI is InChI=1S/C29H33NO5/c1-5-34-24-15-20(11-12-22(24)31)26-25(28(33)35-14-13-19-9-7-6-8-10-19)18(2)30-21-16-29(3,4)17-23(32)27(21)26/h6-12,15,26,30-31H,5,13-14,16-17H2,1-4H3/t26-/m1/s1. The number of rotatable bonds is 7. The highest BCUT2D eigenvalue weighted by molar-refractivity contribution is 6.04. The first-order chi connectivity index (χ1) is 16.7. The van der Waals surface area contributed by atoms with Gasteiger partial charge in [-0.05, 0) is 48.9 Å². The van der Waals surface area contributed by atoms with E-state index in [1.807, 2.05) is 44.2 Å². The van der Waals surface area contributed by atoms with Crippen LogP contribution in [0.2, 0.25) is 0 Å². The molecule has 4 rings (SSSR count). The summed E-state index contributed by atoms with van der Waals surface area (Å²) in [5.74, 6) is -0.696. The van der Waals surface area contributed by atoms with Crippen molar-refractivity contribution in [3.05, 3.63) is 82.2 Å². The molecular weight excluding hydrogens is 442 g/mol. The molecule has 0 radical (unpaired) electrons. The molecule has 1 atom stereocenters. The van der Waals surface area contributed by atoms with Gasteiger partial charge in [0.05, 0.1) is 18.8 Å². The molecule has 1 aliphatic heterocycles. The lowest BCUT2D eigenvalue weighted by Crippen LogP contribution is -2.38. The molecule has 0 amide bonds. The van der Waals surface area contributed by atoms with Crippen molar-refractivity contribution in [1.29, 1.82) is 0 Å². The molecule has 2 aliphatic rings. The Kier molecular flexibility index (Phi) is 7.01. The number of esters is 1. The zero-order valence-corrected chi connectivity index (χ0v) is 20.8. The lowest BCUT2D eigenvalue weighted by Gasteiger charge is -2.39. The number of phenols is 1.